The summed E-state index contributed by atoms with van der Waals surface area (Å²) in [6.07, 6.45) is 6.33. The second-order valence-electron chi connectivity index (χ2n) is 6.36. The fourth-order valence-corrected chi connectivity index (χ4v) is 3.25. The topological polar surface area (TPSA) is 59.9 Å². The third-order valence-electron chi connectivity index (χ3n) is 4.78. The Balaban J connectivity index is 0.00000225. The molecule has 0 radical (unpaired) electrons. The van der Waals surface area contributed by atoms with Gasteiger partial charge < -0.3 is 15.1 Å². The minimum Gasteiger partial charge on any atom is -0.355 e. The van der Waals surface area contributed by atoms with E-state index in [-0.39, 0.29) is 24.0 Å². The Hall–Kier alpha value is -1.16. The second kappa shape index (κ2) is 10.1. The standard InChI is InChI=1S/C17H29N7.HI/c1-3-22(15-5-6-15)10-9-21-16(18-2)23-11-13-24(14-12-23)17-19-7-4-8-20-17;/h4,7-8,15H,3,5-6,9-14H2,1-2H3,(H,18,21);1H. The zero-order valence-corrected chi connectivity index (χ0v) is 17.6. The zero-order valence-electron chi connectivity index (χ0n) is 15.3. The Morgan fingerprint density at radius 2 is 1.92 bits per heavy atom. The number of piperazine rings is 1. The van der Waals surface area contributed by atoms with Crippen LogP contribution in [0.15, 0.2) is 23.5 Å². The highest BCUT2D eigenvalue weighted by atomic mass is 127. The number of aromatic nitrogens is 2. The first-order valence-corrected chi connectivity index (χ1v) is 9.03. The van der Waals surface area contributed by atoms with Gasteiger partial charge in [0.15, 0.2) is 5.96 Å². The SMILES string of the molecule is CCN(CCNC(=NC)N1CCN(c2ncccn2)CC1)C1CC1.I. The van der Waals surface area contributed by atoms with E-state index in [1.807, 2.05) is 13.1 Å². The predicted molar refractivity (Wildman–Crippen MR) is 113 cm³/mol. The molecule has 1 aromatic heterocycles. The Bertz CT molecular complexity index is 527. The van der Waals surface area contributed by atoms with Crippen LogP contribution in [0, 0.1) is 0 Å². The van der Waals surface area contributed by atoms with Gasteiger partial charge in [-0.15, -0.1) is 24.0 Å². The number of hydrogen-bond acceptors (Lipinski definition) is 5. The normalized spacial score (nSPS) is 18.3. The smallest absolute Gasteiger partial charge is 0.225 e. The minimum atomic E-state index is 0. The molecule has 8 heteroatoms. The molecule has 1 N–H and O–H groups in total. The van der Waals surface area contributed by atoms with Crippen LogP contribution in [0.5, 0.6) is 0 Å². The summed E-state index contributed by atoms with van der Waals surface area (Å²) in [5.41, 5.74) is 0. The van der Waals surface area contributed by atoms with Crippen LogP contribution in [0.1, 0.15) is 19.8 Å². The van der Waals surface area contributed by atoms with Crippen LogP contribution in [0.3, 0.4) is 0 Å². The molecule has 1 aliphatic heterocycles. The first kappa shape index (κ1) is 20.2. The molecular formula is C17H30IN7. The Morgan fingerprint density at radius 1 is 1.24 bits per heavy atom. The van der Waals surface area contributed by atoms with Crippen LogP contribution in [-0.4, -0.2) is 84.6 Å². The van der Waals surface area contributed by atoms with Gasteiger partial charge in [-0.25, -0.2) is 9.97 Å². The van der Waals surface area contributed by atoms with E-state index in [0.717, 1.165) is 63.8 Å². The van der Waals surface area contributed by atoms with Crippen molar-refractivity contribution in [1.82, 2.24) is 25.1 Å². The first-order chi connectivity index (χ1) is 11.8. The molecule has 1 saturated heterocycles. The third-order valence-corrected chi connectivity index (χ3v) is 4.78. The van der Waals surface area contributed by atoms with E-state index < -0.39 is 0 Å². The van der Waals surface area contributed by atoms with Crippen molar-refractivity contribution in [2.45, 2.75) is 25.8 Å². The quantitative estimate of drug-likeness (QED) is 0.393. The number of aliphatic imine (C=N–C) groups is 1. The molecule has 1 aliphatic carbocycles. The van der Waals surface area contributed by atoms with Gasteiger partial charge in [-0.05, 0) is 25.5 Å². The van der Waals surface area contributed by atoms with Crippen molar-refractivity contribution >= 4 is 35.9 Å². The molecule has 1 aromatic rings. The van der Waals surface area contributed by atoms with Crippen LogP contribution in [0.25, 0.3) is 0 Å². The molecule has 0 atom stereocenters. The highest BCUT2D eigenvalue weighted by molar-refractivity contribution is 14.0. The van der Waals surface area contributed by atoms with Gasteiger partial charge in [0.05, 0.1) is 0 Å². The number of nitrogens with zero attached hydrogens (tertiary/aromatic N) is 6. The zero-order chi connectivity index (χ0) is 16.8. The fourth-order valence-electron chi connectivity index (χ4n) is 3.25. The van der Waals surface area contributed by atoms with E-state index in [1.54, 1.807) is 12.4 Å². The van der Waals surface area contributed by atoms with Crippen LogP contribution < -0.4 is 10.2 Å². The van der Waals surface area contributed by atoms with Gasteiger partial charge in [0, 0.05) is 64.8 Å². The van der Waals surface area contributed by atoms with Gasteiger partial charge in [0.2, 0.25) is 5.95 Å². The van der Waals surface area contributed by atoms with Crippen molar-refractivity contribution in [3.63, 3.8) is 0 Å². The lowest BCUT2D eigenvalue weighted by atomic mass is 10.3. The highest BCUT2D eigenvalue weighted by Crippen LogP contribution is 2.25. The summed E-state index contributed by atoms with van der Waals surface area (Å²) in [6, 6.07) is 2.68. The molecule has 0 bridgehead atoms. The van der Waals surface area contributed by atoms with Crippen molar-refractivity contribution in [2.24, 2.45) is 4.99 Å². The summed E-state index contributed by atoms with van der Waals surface area (Å²) in [6.45, 7) is 9.17. The lowest BCUT2D eigenvalue weighted by Gasteiger charge is -2.36. The molecule has 1 saturated carbocycles. The molecule has 2 aliphatic rings. The number of hydrogen-bond donors (Lipinski definition) is 1. The number of likely N-dealkylation sites (N-methyl/N-ethyl adjacent to an activating group) is 1. The van der Waals surface area contributed by atoms with Gasteiger partial charge in [-0.3, -0.25) is 9.89 Å². The summed E-state index contributed by atoms with van der Waals surface area (Å²) in [7, 11) is 1.87. The molecule has 140 valence electrons. The third kappa shape index (κ3) is 5.67. The maximum absolute atomic E-state index is 4.46. The van der Waals surface area contributed by atoms with E-state index in [2.05, 4.69) is 41.9 Å². The lowest BCUT2D eigenvalue weighted by Crippen LogP contribution is -2.53. The van der Waals surface area contributed by atoms with Gasteiger partial charge in [0.1, 0.15) is 0 Å². The Morgan fingerprint density at radius 3 is 2.48 bits per heavy atom. The van der Waals surface area contributed by atoms with E-state index in [1.165, 1.54) is 12.8 Å². The molecule has 0 amide bonds. The average Bonchev–Trinajstić information content (AvgIpc) is 3.48. The Labute approximate surface area is 167 Å². The van der Waals surface area contributed by atoms with Crippen molar-refractivity contribution in [3.05, 3.63) is 18.5 Å². The van der Waals surface area contributed by atoms with E-state index in [9.17, 15) is 0 Å². The fraction of sp³-hybridized carbons (Fsp3) is 0.706. The molecule has 2 heterocycles. The number of nitrogens with one attached hydrogen (secondary N) is 1. The average molecular weight is 459 g/mol. The molecule has 0 unspecified atom stereocenters. The number of rotatable bonds is 6. The van der Waals surface area contributed by atoms with Crippen molar-refractivity contribution in [1.29, 1.82) is 0 Å². The first-order valence-electron chi connectivity index (χ1n) is 9.03. The van der Waals surface area contributed by atoms with E-state index >= 15 is 0 Å². The predicted octanol–water partition coefficient (Wildman–Crippen LogP) is 1.28. The minimum absolute atomic E-state index is 0. The summed E-state index contributed by atoms with van der Waals surface area (Å²) >= 11 is 0. The molecular weight excluding hydrogens is 429 g/mol. The van der Waals surface area contributed by atoms with Gasteiger partial charge >= 0.3 is 0 Å². The Kier molecular flexibility index (Phi) is 8.14. The molecule has 0 spiro atoms. The van der Waals surface area contributed by atoms with Crippen LogP contribution >= 0.6 is 24.0 Å². The van der Waals surface area contributed by atoms with Gasteiger partial charge in [0.25, 0.3) is 0 Å². The van der Waals surface area contributed by atoms with Crippen LogP contribution in [0.4, 0.5) is 5.95 Å². The molecule has 7 nitrogen and oxygen atoms in total. The second-order valence-corrected chi connectivity index (χ2v) is 6.36. The highest BCUT2D eigenvalue weighted by Gasteiger charge is 2.27. The number of anilines is 1. The molecule has 2 fully saturated rings. The molecule has 3 rings (SSSR count). The van der Waals surface area contributed by atoms with Crippen molar-refractivity contribution < 1.29 is 0 Å². The van der Waals surface area contributed by atoms with Crippen molar-refractivity contribution in [3.8, 4) is 0 Å². The monoisotopic (exact) mass is 459 g/mol. The largest absolute Gasteiger partial charge is 0.355 e. The van der Waals surface area contributed by atoms with E-state index in [4.69, 9.17) is 0 Å². The summed E-state index contributed by atoms with van der Waals surface area (Å²) < 4.78 is 0. The summed E-state index contributed by atoms with van der Waals surface area (Å²) in [4.78, 5) is 20.3. The summed E-state index contributed by atoms with van der Waals surface area (Å²) in [5, 5.41) is 3.53. The number of guanidine groups is 1. The summed E-state index contributed by atoms with van der Waals surface area (Å²) in [5.74, 6) is 1.83. The van der Waals surface area contributed by atoms with Crippen LogP contribution in [-0.2, 0) is 0 Å². The maximum atomic E-state index is 4.46. The number of halogens is 1. The maximum Gasteiger partial charge on any atom is 0.225 e. The van der Waals surface area contributed by atoms with Crippen molar-refractivity contribution in [2.75, 3.05) is 57.8 Å². The van der Waals surface area contributed by atoms with Gasteiger partial charge in [-0.2, -0.15) is 0 Å². The molecule has 25 heavy (non-hydrogen) atoms. The van der Waals surface area contributed by atoms with E-state index in [0.29, 0.717) is 0 Å². The lowest BCUT2D eigenvalue weighted by molar-refractivity contribution is 0.279. The molecule has 0 aromatic carbocycles. The van der Waals surface area contributed by atoms with Gasteiger partial charge in [-0.1, -0.05) is 6.92 Å². The van der Waals surface area contributed by atoms with Crippen LogP contribution in [0.2, 0.25) is 0 Å².